The zero-order valence-corrected chi connectivity index (χ0v) is 15.0. The van der Waals surface area contributed by atoms with Crippen LogP contribution in [0.3, 0.4) is 0 Å². The molecule has 25 heavy (non-hydrogen) atoms. The number of hydrogen-bond donors (Lipinski definition) is 1. The maximum absolute atomic E-state index is 12.0. The van der Waals surface area contributed by atoms with Crippen molar-refractivity contribution in [1.29, 1.82) is 0 Å². The number of para-hydroxylation sites is 1. The highest BCUT2D eigenvalue weighted by Gasteiger charge is 2.18. The molecule has 0 saturated carbocycles. The van der Waals surface area contributed by atoms with Gasteiger partial charge in [0.1, 0.15) is 5.75 Å². The zero-order chi connectivity index (χ0) is 18.4. The molecule has 0 saturated heterocycles. The van der Waals surface area contributed by atoms with Crippen molar-refractivity contribution >= 4 is 17.6 Å². The Balaban J connectivity index is 1.84. The number of amides is 1. The Morgan fingerprint density at radius 2 is 1.60 bits per heavy atom. The van der Waals surface area contributed by atoms with Crippen LogP contribution in [0.1, 0.15) is 23.6 Å². The van der Waals surface area contributed by atoms with E-state index in [1.807, 2.05) is 51.1 Å². The summed E-state index contributed by atoms with van der Waals surface area (Å²) in [7, 11) is 0. The highest BCUT2D eigenvalue weighted by molar-refractivity contribution is 5.94. The molecule has 2 rings (SSSR count). The van der Waals surface area contributed by atoms with Crippen LogP contribution in [0.4, 0.5) is 5.69 Å². The summed E-state index contributed by atoms with van der Waals surface area (Å²) < 4.78 is 10.6. The Kier molecular flexibility index (Phi) is 6.17. The first-order valence-corrected chi connectivity index (χ1v) is 8.13. The summed E-state index contributed by atoms with van der Waals surface area (Å²) in [6.07, 6.45) is -0.796. The lowest BCUT2D eigenvalue weighted by Crippen LogP contribution is -2.30. The van der Waals surface area contributed by atoms with E-state index in [1.54, 1.807) is 19.1 Å². The molecule has 1 atom stereocenters. The maximum atomic E-state index is 12.0. The number of nitrogens with one attached hydrogen (secondary N) is 1. The normalized spacial score (nSPS) is 11.5. The molecular weight excluding hydrogens is 318 g/mol. The number of rotatable bonds is 6. The van der Waals surface area contributed by atoms with Crippen molar-refractivity contribution in [3.8, 4) is 5.75 Å². The molecular formula is C20H23NO4. The van der Waals surface area contributed by atoms with Crippen molar-refractivity contribution in [2.24, 2.45) is 0 Å². The standard InChI is InChI=1S/C20H23NO4/c1-13-8-10-17(11-9-13)25-16(4)20(23)24-12-18(22)21-19-14(2)6-5-7-15(19)3/h5-11,16H,12H2,1-4H3,(H,21,22). The van der Waals surface area contributed by atoms with E-state index in [9.17, 15) is 9.59 Å². The summed E-state index contributed by atoms with van der Waals surface area (Å²) in [5, 5.41) is 2.77. The van der Waals surface area contributed by atoms with Gasteiger partial charge in [0.05, 0.1) is 0 Å². The van der Waals surface area contributed by atoms with Gasteiger partial charge in [0, 0.05) is 5.69 Å². The first kappa shape index (κ1) is 18.5. The minimum atomic E-state index is -0.796. The summed E-state index contributed by atoms with van der Waals surface area (Å²) in [4.78, 5) is 24.0. The summed E-state index contributed by atoms with van der Waals surface area (Å²) in [5.74, 6) is -0.388. The molecule has 0 bridgehead atoms. The van der Waals surface area contributed by atoms with Gasteiger partial charge in [-0.1, -0.05) is 35.9 Å². The van der Waals surface area contributed by atoms with Gasteiger partial charge in [-0.3, -0.25) is 4.79 Å². The van der Waals surface area contributed by atoms with Gasteiger partial charge in [-0.2, -0.15) is 0 Å². The minimum absolute atomic E-state index is 0.353. The number of carbonyl (C=O) groups excluding carboxylic acids is 2. The SMILES string of the molecule is Cc1ccc(OC(C)C(=O)OCC(=O)Nc2c(C)cccc2C)cc1. The largest absolute Gasteiger partial charge is 0.479 e. The van der Waals surface area contributed by atoms with Crippen molar-refractivity contribution in [2.75, 3.05) is 11.9 Å². The van der Waals surface area contributed by atoms with E-state index < -0.39 is 12.1 Å². The van der Waals surface area contributed by atoms with Crippen molar-refractivity contribution in [2.45, 2.75) is 33.8 Å². The topological polar surface area (TPSA) is 64.6 Å². The number of aryl methyl sites for hydroxylation is 3. The van der Waals surface area contributed by atoms with Crippen molar-refractivity contribution in [1.82, 2.24) is 0 Å². The first-order chi connectivity index (χ1) is 11.9. The Morgan fingerprint density at radius 3 is 2.20 bits per heavy atom. The summed E-state index contributed by atoms with van der Waals surface area (Å²) in [5.41, 5.74) is 3.75. The molecule has 5 heteroatoms. The molecule has 132 valence electrons. The van der Waals surface area contributed by atoms with Crippen LogP contribution in [-0.4, -0.2) is 24.6 Å². The Hall–Kier alpha value is -2.82. The summed E-state index contributed by atoms with van der Waals surface area (Å²) >= 11 is 0. The minimum Gasteiger partial charge on any atom is -0.479 e. The number of ether oxygens (including phenoxy) is 2. The van der Waals surface area contributed by atoms with Crippen LogP contribution in [0.2, 0.25) is 0 Å². The molecule has 0 radical (unpaired) electrons. The highest BCUT2D eigenvalue weighted by atomic mass is 16.6. The molecule has 0 aliphatic heterocycles. The molecule has 1 unspecified atom stereocenters. The van der Waals surface area contributed by atoms with Crippen LogP contribution in [0.25, 0.3) is 0 Å². The lowest BCUT2D eigenvalue weighted by Gasteiger charge is -2.15. The second-order valence-electron chi connectivity index (χ2n) is 6.00. The molecule has 2 aromatic carbocycles. The van der Waals surface area contributed by atoms with E-state index in [0.717, 1.165) is 22.4 Å². The molecule has 0 aliphatic carbocycles. The monoisotopic (exact) mass is 341 g/mol. The number of carbonyl (C=O) groups is 2. The van der Waals surface area contributed by atoms with Crippen LogP contribution in [0.5, 0.6) is 5.75 Å². The lowest BCUT2D eigenvalue weighted by molar-refractivity contribution is -0.153. The second-order valence-corrected chi connectivity index (χ2v) is 6.00. The number of benzene rings is 2. The van der Waals surface area contributed by atoms with E-state index in [2.05, 4.69) is 5.32 Å². The molecule has 5 nitrogen and oxygen atoms in total. The molecule has 0 heterocycles. The van der Waals surface area contributed by atoms with Crippen molar-refractivity contribution in [3.05, 3.63) is 59.2 Å². The third-order valence-electron chi connectivity index (χ3n) is 3.76. The van der Waals surface area contributed by atoms with Crippen LogP contribution in [-0.2, 0) is 14.3 Å². The van der Waals surface area contributed by atoms with E-state index in [1.165, 1.54) is 0 Å². The molecule has 2 aromatic rings. The maximum Gasteiger partial charge on any atom is 0.347 e. The predicted molar refractivity (Wildman–Crippen MR) is 96.8 cm³/mol. The average molecular weight is 341 g/mol. The second kappa shape index (κ2) is 8.33. The highest BCUT2D eigenvalue weighted by Crippen LogP contribution is 2.19. The first-order valence-electron chi connectivity index (χ1n) is 8.13. The quantitative estimate of drug-likeness (QED) is 0.816. The predicted octanol–water partition coefficient (Wildman–Crippen LogP) is 3.56. The number of esters is 1. The van der Waals surface area contributed by atoms with E-state index in [-0.39, 0.29) is 12.5 Å². The molecule has 0 fully saturated rings. The van der Waals surface area contributed by atoms with Crippen LogP contribution in [0.15, 0.2) is 42.5 Å². The molecule has 0 aromatic heterocycles. The van der Waals surface area contributed by atoms with Crippen LogP contribution < -0.4 is 10.1 Å². The number of hydrogen-bond acceptors (Lipinski definition) is 4. The van der Waals surface area contributed by atoms with Gasteiger partial charge in [-0.15, -0.1) is 0 Å². The fourth-order valence-electron chi connectivity index (χ4n) is 2.31. The number of anilines is 1. The van der Waals surface area contributed by atoms with Gasteiger partial charge < -0.3 is 14.8 Å². The third kappa shape index (κ3) is 5.35. The third-order valence-corrected chi connectivity index (χ3v) is 3.76. The Morgan fingerprint density at radius 1 is 1.00 bits per heavy atom. The van der Waals surface area contributed by atoms with Crippen LogP contribution in [0, 0.1) is 20.8 Å². The van der Waals surface area contributed by atoms with E-state index in [4.69, 9.17) is 9.47 Å². The van der Waals surface area contributed by atoms with E-state index in [0.29, 0.717) is 5.75 Å². The van der Waals surface area contributed by atoms with Gasteiger partial charge >= 0.3 is 5.97 Å². The summed E-state index contributed by atoms with van der Waals surface area (Å²) in [6, 6.07) is 13.1. The average Bonchev–Trinajstić information content (AvgIpc) is 2.58. The van der Waals surface area contributed by atoms with E-state index >= 15 is 0 Å². The zero-order valence-electron chi connectivity index (χ0n) is 15.0. The van der Waals surface area contributed by atoms with Crippen LogP contribution >= 0.6 is 0 Å². The van der Waals surface area contributed by atoms with Gasteiger partial charge in [-0.05, 0) is 51.0 Å². The molecule has 1 N–H and O–H groups in total. The molecule has 0 aliphatic rings. The van der Waals surface area contributed by atoms with Gasteiger partial charge in [0.15, 0.2) is 12.7 Å². The smallest absolute Gasteiger partial charge is 0.347 e. The lowest BCUT2D eigenvalue weighted by atomic mass is 10.1. The Bertz CT molecular complexity index is 733. The fourth-order valence-corrected chi connectivity index (χ4v) is 2.31. The van der Waals surface area contributed by atoms with Gasteiger partial charge in [0.2, 0.25) is 0 Å². The molecule has 0 spiro atoms. The van der Waals surface area contributed by atoms with Crippen molar-refractivity contribution < 1.29 is 19.1 Å². The Labute approximate surface area is 148 Å². The molecule has 1 amide bonds. The van der Waals surface area contributed by atoms with Gasteiger partial charge in [0.25, 0.3) is 5.91 Å². The van der Waals surface area contributed by atoms with Gasteiger partial charge in [-0.25, -0.2) is 4.79 Å². The van der Waals surface area contributed by atoms with Crippen molar-refractivity contribution in [3.63, 3.8) is 0 Å². The summed E-state index contributed by atoms with van der Waals surface area (Å²) in [6.45, 7) is 7.02. The fraction of sp³-hybridized carbons (Fsp3) is 0.300.